The van der Waals surface area contributed by atoms with E-state index in [1.165, 1.54) is 37.7 Å². The summed E-state index contributed by atoms with van der Waals surface area (Å²) in [5.74, 6) is 1.74. The molecule has 2 aliphatic rings. The van der Waals surface area contributed by atoms with Crippen molar-refractivity contribution in [2.24, 2.45) is 17.3 Å². The third-order valence-corrected chi connectivity index (χ3v) is 5.69. The number of hydrogen-bond donors (Lipinski definition) is 0. The maximum absolute atomic E-state index is 4.42. The van der Waals surface area contributed by atoms with Gasteiger partial charge in [0.25, 0.3) is 0 Å². The minimum absolute atomic E-state index is 0.409. The first-order valence-electron chi connectivity index (χ1n) is 7.37. The third kappa shape index (κ3) is 2.18. The van der Waals surface area contributed by atoms with Gasteiger partial charge in [-0.1, -0.05) is 31.2 Å². The molecule has 0 heterocycles. The lowest BCUT2D eigenvalue weighted by atomic mass is 9.68. The Hall–Kier alpha value is -0.560. The van der Waals surface area contributed by atoms with E-state index >= 15 is 0 Å². The molecule has 4 atom stereocenters. The summed E-state index contributed by atoms with van der Waals surface area (Å²) < 4.78 is 0. The Morgan fingerprint density at radius 2 is 2.11 bits per heavy atom. The van der Waals surface area contributed by atoms with Crippen LogP contribution < -0.4 is 0 Å². The van der Waals surface area contributed by atoms with Gasteiger partial charge in [-0.15, -0.1) is 0 Å². The number of hydrogen-bond acceptors (Lipinski definition) is 1. The van der Waals surface area contributed by atoms with Crippen molar-refractivity contribution in [2.75, 3.05) is 14.1 Å². The summed E-state index contributed by atoms with van der Waals surface area (Å²) in [4.78, 5) is 2.31. The highest BCUT2D eigenvalue weighted by Gasteiger charge is 2.50. The van der Waals surface area contributed by atoms with Gasteiger partial charge in [-0.25, -0.2) is 0 Å². The van der Waals surface area contributed by atoms with Gasteiger partial charge in [0.2, 0.25) is 0 Å². The average Bonchev–Trinajstić information content (AvgIpc) is 2.82. The van der Waals surface area contributed by atoms with E-state index in [9.17, 15) is 0 Å². The molecule has 0 spiro atoms. The smallest absolute Gasteiger partial charge is 0.0296 e. The summed E-state index contributed by atoms with van der Waals surface area (Å²) in [7, 11) is 4.33. The third-order valence-electron chi connectivity index (χ3n) is 5.69. The van der Waals surface area contributed by atoms with Crippen molar-refractivity contribution in [1.29, 1.82) is 0 Å². The summed E-state index contributed by atoms with van der Waals surface area (Å²) in [6.07, 6.45) is 6.75. The molecule has 0 aromatic heterocycles. The number of nitrogens with zero attached hydrogens (tertiary/aromatic N) is 1. The van der Waals surface area contributed by atoms with Crippen LogP contribution in [0.2, 0.25) is 0 Å². The van der Waals surface area contributed by atoms with E-state index in [2.05, 4.69) is 46.0 Å². The van der Waals surface area contributed by atoms with Crippen LogP contribution in [-0.2, 0) is 0 Å². The zero-order valence-corrected chi connectivity index (χ0v) is 12.6. The quantitative estimate of drug-likeness (QED) is 0.656. The molecule has 18 heavy (non-hydrogen) atoms. The van der Waals surface area contributed by atoms with Crippen LogP contribution >= 0.6 is 0 Å². The van der Waals surface area contributed by atoms with Crippen LogP contribution in [0.3, 0.4) is 0 Å². The molecule has 2 fully saturated rings. The highest BCUT2D eigenvalue weighted by Crippen LogP contribution is 2.60. The summed E-state index contributed by atoms with van der Waals surface area (Å²) >= 11 is 0. The monoisotopic (exact) mass is 247 g/mol. The van der Waals surface area contributed by atoms with Gasteiger partial charge in [-0.05, 0) is 70.4 Å². The molecule has 0 aromatic carbocycles. The van der Waals surface area contributed by atoms with Crippen LogP contribution in [-0.4, -0.2) is 25.0 Å². The molecule has 0 radical (unpaired) electrons. The molecular weight excluding hydrogens is 218 g/mol. The Morgan fingerprint density at radius 1 is 1.44 bits per heavy atom. The minimum Gasteiger partial charge on any atom is -0.303 e. The Labute approximate surface area is 113 Å². The molecule has 1 heteroatoms. The number of rotatable bonds is 5. The molecule has 1 unspecified atom stereocenters. The second-order valence-corrected chi connectivity index (χ2v) is 7.01. The number of likely N-dealkylation sites (N-methyl/N-ethyl adjacent to an activating group) is 1. The van der Waals surface area contributed by atoms with E-state index in [1.54, 1.807) is 5.57 Å². The van der Waals surface area contributed by atoms with E-state index in [4.69, 9.17) is 0 Å². The van der Waals surface area contributed by atoms with Crippen LogP contribution in [0.5, 0.6) is 0 Å². The van der Waals surface area contributed by atoms with Gasteiger partial charge in [-0.3, -0.25) is 0 Å². The van der Waals surface area contributed by atoms with Crippen molar-refractivity contribution in [3.63, 3.8) is 0 Å². The Morgan fingerprint density at radius 3 is 2.56 bits per heavy atom. The molecule has 0 amide bonds. The topological polar surface area (TPSA) is 3.24 Å². The molecule has 0 aromatic rings. The SMILES string of the molecule is C=C(C)C(CC[C@@]1(C)C(=C)[C@@H]2CC[C@H]1C2)N(C)C. The van der Waals surface area contributed by atoms with Gasteiger partial charge >= 0.3 is 0 Å². The summed E-state index contributed by atoms with van der Waals surface area (Å²) in [6, 6.07) is 0.522. The molecule has 2 saturated carbocycles. The summed E-state index contributed by atoms with van der Waals surface area (Å²) in [6.45, 7) is 13.2. The fourth-order valence-corrected chi connectivity index (χ4v) is 4.35. The second-order valence-electron chi connectivity index (χ2n) is 7.01. The highest BCUT2D eigenvalue weighted by atomic mass is 15.1. The Kier molecular flexibility index (Phi) is 3.73. The maximum Gasteiger partial charge on any atom is 0.0296 e. The van der Waals surface area contributed by atoms with Gasteiger partial charge in [0.1, 0.15) is 0 Å². The number of fused-ring (bicyclic) bond motifs is 2. The lowest BCUT2D eigenvalue weighted by molar-refractivity contribution is 0.205. The molecule has 102 valence electrons. The molecule has 1 nitrogen and oxygen atoms in total. The van der Waals surface area contributed by atoms with Crippen LogP contribution in [0.15, 0.2) is 24.3 Å². The van der Waals surface area contributed by atoms with Crippen molar-refractivity contribution in [2.45, 2.75) is 52.0 Å². The molecule has 0 N–H and O–H groups in total. The first-order valence-corrected chi connectivity index (χ1v) is 7.37. The van der Waals surface area contributed by atoms with Crippen molar-refractivity contribution in [1.82, 2.24) is 4.90 Å². The van der Waals surface area contributed by atoms with Crippen molar-refractivity contribution < 1.29 is 0 Å². The van der Waals surface area contributed by atoms with E-state index in [-0.39, 0.29) is 0 Å². The molecule has 2 rings (SSSR count). The molecule has 2 bridgehead atoms. The molecular formula is C17H29N. The van der Waals surface area contributed by atoms with Crippen molar-refractivity contribution >= 4 is 0 Å². The molecule has 2 aliphatic carbocycles. The fourth-order valence-electron chi connectivity index (χ4n) is 4.35. The zero-order valence-electron chi connectivity index (χ0n) is 12.6. The van der Waals surface area contributed by atoms with Crippen LogP contribution in [0.4, 0.5) is 0 Å². The molecule has 0 saturated heterocycles. The Balaban J connectivity index is 2.01. The van der Waals surface area contributed by atoms with Gasteiger partial charge in [-0.2, -0.15) is 0 Å². The van der Waals surface area contributed by atoms with Gasteiger partial charge in [0, 0.05) is 6.04 Å². The average molecular weight is 247 g/mol. The van der Waals surface area contributed by atoms with E-state index < -0.39 is 0 Å². The minimum atomic E-state index is 0.409. The van der Waals surface area contributed by atoms with E-state index in [0.717, 1.165) is 11.8 Å². The maximum atomic E-state index is 4.42. The normalized spacial score (nSPS) is 36.4. The van der Waals surface area contributed by atoms with Gasteiger partial charge < -0.3 is 4.90 Å². The highest BCUT2D eigenvalue weighted by molar-refractivity contribution is 5.24. The second kappa shape index (κ2) is 4.85. The van der Waals surface area contributed by atoms with Crippen LogP contribution in [0.25, 0.3) is 0 Å². The standard InChI is InChI=1S/C17H29N/c1-12(2)16(18(5)6)9-10-17(4)13(3)14-7-8-15(17)11-14/h14-16H,1,3,7-11H2,2,4-6H3/t14-,15+,16?,17+/m1/s1. The Bertz CT molecular complexity index is 355. The number of allylic oxidation sites excluding steroid dienone is 1. The van der Waals surface area contributed by atoms with Crippen LogP contribution in [0, 0.1) is 17.3 Å². The lowest BCUT2D eigenvalue weighted by Crippen LogP contribution is -2.33. The largest absolute Gasteiger partial charge is 0.303 e. The predicted molar refractivity (Wildman–Crippen MR) is 79.6 cm³/mol. The lowest BCUT2D eigenvalue weighted by Gasteiger charge is -2.38. The first kappa shape index (κ1) is 13.9. The first-order chi connectivity index (χ1) is 8.36. The van der Waals surface area contributed by atoms with Crippen molar-refractivity contribution in [3.8, 4) is 0 Å². The van der Waals surface area contributed by atoms with Crippen molar-refractivity contribution in [3.05, 3.63) is 24.3 Å². The predicted octanol–water partition coefficient (Wildman–Crippen LogP) is 4.27. The summed E-state index contributed by atoms with van der Waals surface area (Å²) in [5, 5.41) is 0. The van der Waals surface area contributed by atoms with E-state index in [1.807, 2.05) is 0 Å². The van der Waals surface area contributed by atoms with E-state index in [0.29, 0.717) is 11.5 Å². The summed E-state index contributed by atoms with van der Waals surface area (Å²) in [5.41, 5.74) is 3.25. The zero-order chi connectivity index (χ0) is 13.5. The fraction of sp³-hybridized carbons (Fsp3) is 0.765. The van der Waals surface area contributed by atoms with Crippen LogP contribution in [0.1, 0.15) is 46.0 Å². The molecule has 0 aliphatic heterocycles. The van der Waals surface area contributed by atoms with Gasteiger partial charge in [0.05, 0.1) is 0 Å². The van der Waals surface area contributed by atoms with Gasteiger partial charge in [0.15, 0.2) is 0 Å².